The highest BCUT2D eigenvalue weighted by atomic mass is 79.9. The monoisotopic (exact) mass is 986 g/mol. The summed E-state index contributed by atoms with van der Waals surface area (Å²) < 4.78 is 23.8. The number of benzene rings is 4. The van der Waals surface area contributed by atoms with E-state index in [-0.39, 0.29) is 47.4 Å². The average molecular weight is 990 g/mol. The van der Waals surface area contributed by atoms with Gasteiger partial charge in [0, 0.05) is 20.8 Å². The fourth-order valence-electron chi connectivity index (χ4n) is 5.74. The first-order valence-corrected chi connectivity index (χ1v) is 21.4. The number of methoxy groups -OCH3 is 2. The minimum atomic E-state index is -0.750. The molecule has 10 nitrogen and oxygen atoms in total. The van der Waals surface area contributed by atoms with Crippen molar-refractivity contribution >= 4 is 83.0 Å². The Hall–Kier alpha value is -3.49. The molecule has 0 saturated carbocycles. The first-order valence-electron chi connectivity index (χ1n) is 18.5. The molecule has 0 fully saturated rings. The van der Waals surface area contributed by atoms with E-state index in [1.165, 1.54) is 7.11 Å². The van der Waals surface area contributed by atoms with Crippen LogP contribution in [0.1, 0.15) is 62.8 Å². The van der Waals surface area contributed by atoms with E-state index in [0.29, 0.717) is 55.8 Å². The molecular formula is C42H52BBr2Cl3N2O8. The molecule has 0 aliphatic rings. The van der Waals surface area contributed by atoms with Gasteiger partial charge in [0.15, 0.2) is 23.0 Å². The standard InChI is InChI=1S/C24H32BrNO4.C18H20BrNO4.BCl3/c1-15(2)29-20-10-6-17(7-11-20)12-19(24(26)27)9-8-18-13-23(30-16(3)4)22(28-5)14-21(18)25;1-24-17-10-15(19)12(9-16(17)22)4-5-13(18(20)23)8-11-2-6-14(21)7-3-11;2-1(3)4/h6-7,10-11,13-16,19H,8-9,12H2,1-5H3,(H2,26,27);2-3,6-7,9-10,13,21-22H,4-5,8H2,1H3,(H2,20,23);. The summed E-state index contributed by atoms with van der Waals surface area (Å²) in [5, 5.41) is 19.2. The Balaban J connectivity index is 0.000000373. The van der Waals surface area contributed by atoms with Crippen LogP contribution in [0.3, 0.4) is 0 Å². The van der Waals surface area contributed by atoms with Gasteiger partial charge in [-0.25, -0.2) is 0 Å². The molecule has 0 aliphatic carbocycles. The molecular weight excluding hydrogens is 937 g/mol. The zero-order chi connectivity index (χ0) is 43.5. The number of carbonyl (C=O) groups is 2. The molecule has 0 aromatic heterocycles. The number of amides is 2. The maximum atomic E-state index is 12.1. The number of hydrogen-bond acceptors (Lipinski definition) is 8. The lowest BCUT2D eigenvalue weighted by atomic mass is 9.92. The fraction of sp³-hybridized carbons (Fsp3) is 0.381. The molecule has 2 amide bonds. The van der Waals surface area contributed by atoms with Crippen LogP contribution in [0.25, 0.3) is 0 Å². The molecule has 58 heavy (non-hydrogen) atoms. The summed E-state index contributed by atoms with van der Waals surface area (Å²) in [5.74, 6) is 1.59. The summed E-state index contributed by atoms with van der Waals surface area (Å²) in [6.07, 6.45) is 3.75. The summed E-state index contributed by atoms with van der Waals surface area (Å²) >= 11 is 21.5. The van der Waals surface area contributed by atoms with Crippen molar-refractivity contribution in [2.45, 2.75) is 78.4 Å². The number of nitrogens with two attached hydrogens (primary N) is 2. The molecule has 2 atom stereocenters. The van der Waals surface area contributed by atoms with E-state index in [9.17, 15) is 19.8 Å². The SMILES string of the molecule is COc1cc(Br)c(CCC(Cc2ccc(O)cc2)C(N)=O)cc1O.COc1cc(Br)c(CCC(Cc2ccc(OC(C)C)cc2)C(N)=O)cc1OC(C)C.ClB(Cl)Cl. The van der Waals surface area contributed by atoms with Crippen LogP contribution in [-0.4, -0.2) is 53.4 Å². The van der Waals surface area contributed by atoms with Crippen molar-refractivity contribution in [1.29, 1.82) is 0 Å². The van der Waals surface area contributed by atoms with Crippen LogP contribution in [0.5, 0.6) is 34.5 Å². The second-order valence-electron chi connectivity index (χ2n) is 13.8. The van der Waals surface area contributed by atoms with Crippen molar-refractivity contribution in [3.63, 3.8) is 0 Å². The van der Waals surface area contributed by atoms with Gasteiger partial charge in [0.1, 0.15) is 11.5 Å². The molecule has 0 radical (unpaired) electrons. The number of ether oxygens (including phenoxy) is 4. The van der Waals surface area contributed by atoms with E-state index in [0.717, 1.165) is 36.9 Å². The largest absolute Gasteiger partial charge is 0.508 e. The molecule has 16 heteroatoms. The van der Waals surface area contributed by atoms with Gasteiger partial charge in [-0.15, -0.1) is 0 Å². The number of primary amides is 2. The van der Waals surface area contributed by atoms with Gasteiger partial charge in [-0.2, -0.15) is 34.4 Å². The van der Waals surface area contributed by atoms with Gasteiger partial charge in [-0.3, -0.25) is 9.59 Å². The highest BCUT2D eigenvalue weighted by molar-refractivity contribution is 9.10. The van der Waals surface area contributed by atoms with Crippen LogP contribution in [0.15, 0.2) is 81.7 Å². The molecule has 4 rings (SSSR count). The van der Waals surface area contributed by atoms with Gasteiger partial charge in [0.25, 0.3) is 0 Å². The molecule has 6 N–H and O–H groups in total. The number of aromatic hydroxyl groups is 2. The maximum absolute atomic E-state index is 12.1. The van der Waals surface area contributed by atoms with Crippen molar-refractivity contribution in [3.05, 3.63) is 104 Å². The van der Waals surface area contributed by atoms with Crippen LogP contribution >= 0.6 is 66.2 Å². The molecule has 0 heterocycles. The normalized spacial score (nSPS) is 11.7. The van der Waals surface area contributed by atoms with Crippen LogP contribution in [0, 0.1) is 11.8 Å². The van der Waals surface area contributed by atoms with Crippen LogP contribution in [0.4, 0.5) is 0 Å². The summed E-state index contributed by atoms with van der Waals surface area (Å²) in [7, 11) is 3.11. The number of hydrogen-bond donors (Lipinski definition) is 4. The second-order valence-corrected chi connectivity index (χ2v) is 17.5. The molecule has 4 aromatic rings. The Labute approximate surface area is 373 Å². The molecule has 0 saturated heterocycles. The second kappa shape index (κ2) is 25.9. The average Bonchev–Trinajstić information content (AvgIpc) is 3.14. The van der Waals surface area contributed by atoms with Gasteiger partial charge in [-0.1, -0.05) is 56.1 Å². The Bertz CT molecular complexity index is 1890. The van der Waals surface area contributed by atoms with Crippen LogP contribution < -0.4 is 30.4 Å². The Morgan fingerprint density at radius 2 is 1.07 bits per heavy atom. The lowest BCUT2D eigenvalue weighted by Crippen LogP contribution is -2.25. The number of halogens is 5. The number of phenolic OH excluding ortho intramolecular Hbond substituents is 2. The topological polar surface area (TPSA) is 164 Å². The Morgan fingerprint density at radius 3 is 1.48 bits per heavy atom. The number of aryl methyl sites for hydroxylation is 2. The summed E-state index contributed by atoms with van der Waals surface area (Å²) in [4.78, 5) is 23.1. The number of carbonyl (C=O) groups excluding carboxylic acids is 2. The molecule has 316 valence electrons. The third kappa shape index (κ3) is 18.6. The summed E-state index contributed by atoms with van der Waals surface area (Å²) in [6, 6.07) is 21.8. The van der Waals surface area contributed by atoms with Gasteiger partial charge in [-0.05, 0) is 137 Å². The lowest BCUT2D eigenvalue weighted by molar-refractivity contribution is -0.122. The lowest BCUT2D eigenvalue weighted by Gasteiger charge is -2.18. The zero-order valence-electron chi connectivity index (χ0n) is 33.4. The molecule has 4 aromatic carbocycles. The van der Waals surface area contributed by atoms with Crippen molar-refractivity contribution in [3.8, 4) is 34.5 Å². The van der Waals surface area contributed by atoms with Gasteiger partial charge in [0.05, 0.1) is 26.4 Å². The van der Waals surface area contributed by atoms with Crippen LogP contribution in [0.2, 0.25) is 0 Å². The van der Waals surface area contributed by atoms with E-state index in [2.05, 4.69) is 31.9 Å². The molecule has 2 unspecified atom stereocenters. The maximum Gasteiger partial charge on any atom is 0.450 e. The third-order valence-corrected chi connectivity index (χ3v) is 10.0. The van der Waals surface area contributed by atoms with Crippen molar-refractivity contribution < 1.29 is 38.7 Å². The Kier molecular flexibility index (Phi) is 22.6. The van der Waals surface area contributed by atoms with Crippen molar-refractivity contribution in [2.75, 3.05) is 14.2 Å². The van der Waals surface area contributed by atoms with Crippen LogP contribution in [-0.2, 0) is 35.3 Å². The smallest absolute Gasteiger partial charge is 0.450 e. The Morgan fingerprint density at radius 1 is 0.655 bits per heavy atom. The minimum absolute atomic E-state index is 0.0361. The van der Waals surface area contributed by atoms with Crippen molar-refractivity contribution in [2.24, 2.45) is 23.3 Å². The van der Waals surface area contributed by atoms with Gasteiger partial charge in [0.2, 0.25) is 11.8 Å². The predicted octanol–water partition coefficient (Wildman–Crippen LogP) is 10.1. The molecule has 0 spiro atoms. The predicted molar refractivity (Wildman–Crippen MR) is 242 cm³/mol. The summed E-state index contributed by atoms with van der Waals surface area (Å²) in [5.41, 5.74) is 15.2. The van der Waals surface area contributed by atoms with Gasteiger partial charge < -0.3 is 40.6 Å². The van der Waals surface area contributed by atoms with Crippen molar-refractivity contribution in [1.82, 2.24) is 0 Å². The number of rotatable bonds is 18. The zero-order valence-corrected chi connectivity index (χ0v) is 38.9. The highest BCUT2D eigenvalue weighted by Crippen LogP contribution is 2.36. The quantitative estimate of drug-likeness (QED) is 0.0716. The molecule has 0 bridgehead atoms. The highest BCUT2D eigenvalue weighted by Gasteiger charge is 2.20. The first-order chi connectivity index (χ1) is 27.3. The van der Waals surface area contributed by atoms with E-state index < -0.39 is 4.96 Å². The van der Waals surface area contributed by atoms with Gasteiger partial charge >= 0.3 is 4.96 Å². The molecule has 0 aliphatic heterocycles. The van der Waals surface area contributed by atoms with E-state index >= 15 is 0 Å². The summed E-state index contributed by atoms with van der Waals surface area (Å²) in [6.45, 7) is 7.93. The minimum Gasteiger partial charge on any atom is -0.508 e. The van der Waals surface area contributed by atoms with E-state index in [1.54, 1.807) is 43.5 Å². The number of phenols is 2. The fourth-order valence-corrected chi connectivity index (χ4v) is 6.78. The first kappa shape index (κ1) is 50.7. The third-order valence-electron chi connectivity index (χ3n) is 8.57. The van der Waals surface area contributed by atoms with E-state index in [1.807, 2.05) is 64.1 Å². The van der Waals surface area contributed by atoms with E-state index in [4.69, 9.17) is 64.8 Å².